The first-order valence-corrected chi connectivity index (χ1v) is 6.34. The third kappa shape index (κ3) is 2.07. The summed E-state index contributed by atoms with van der Waals surface area (Å²) in [5.41, 5.74) is 4.08. The second kappa shape index (κ2) is 4.95. The Morgan fingerprint density at radius 1 is 1.32 bits per heavy atom. The number of para-hydroxylation sites is 1. The maximum atomic E-state index is 5.42. The molecular formula is C14H13N3OS. The zero-order valence-corrected chi connectivity index (χ0v) is 11.3. The van der Waals surface area contributed by atoms with E-state index in [1.54, 1.807) is 19.5 Å². The molecule has 0 spiro atoms. The first-order chi connectivity index (χ1) is 9.31. The molecule has 0 atom stereocenters. The number of ether oxygens (including phenoxy) is 1. The van der Waals surface area contributed by atoms with Gasteiger partial charge in [-0.2, -0.15) is 0 Å². The normalized spacial score (nSPS) is 11.0. The summed E-state index contributed by atoms with van der Waals surface area (Å²) < 4.78 is 7.92. The van der Waals surface area contributed by atoms with Crippen molar-refractivity contribution in [3.63, 3.8) is 0 Å². The van der Waals surface area contributed by atoms with E-state index in [2.05, 4.69) is 9.97 Å². The molecular weight excluding hydrogens is 258 g/mol. The molecule has 0 bridgehead atoms. The molecule has 0 saturated carbocycles. The summed E-state index contributed by atoms with van der Waals surface area (Å²) in [6.45, 7) is 0.551. The van der Waals surface area contributed by atoms with Crippen LogP contribution in [0.1, 0.15) is 5.56 Å². The number of nitrogens with one attached hydrogen (secondary N) is 1. The van der Waals surface area contributed by atoms with Crippen molar-refractivity contribution in [3.05, 3.63) is 53.1 Å². The number of rotatable bonds is 3. The molecule has 0 saturated heterocycles. The van der Waals surface area contributed by atoms with Crippen molar-refractivity contribution < 1.29 is 4.74 Å². The molecule has 4 nitrogen and oxygen atoms in total. The number of benzene rings is 1. The minimum Gasteiger partial charge on any atom is -0.380 e. The van der Waals surface area contributed by atoms with Gasteiger partial charge in [-0.25, -0.2) is 0 Å². The molecule has 3 rings (SSSR count). The minimum atomic E-state index is 0.551. The summed E-state index contributed by atoms with van der Waals surface area (Å²) in [4.78, 5) is 7.27. The number of nitrogens with zero attached hydrogens (tertiary/aromatic N) is 2. The number of hydrogen-bond acceptors (Lipinski definition) is 3. The molecule has 1 aromatic carbocycles. The van der Waals surface area contributed by atoms with E-state index in [4.69, 9.17) is 17.0 Å². The number of aromatic amines is 1. The van der Waals surface area contributed by atoms with E-state index in [-0.39, 0.29) is 0 Å². The predicted molar refractivity (Wildman–Crippen MR) is 77.0 cm³/mol. The van der Waals surface area contributed by atoms with E-state index in [1.807, 2.05) is 34.9 Å². The van der Waals surface area contributed by atoms with Gasteiger partial charge < -0.3 is 9.72 Å². The topological polar surface area (TPSA) is 42.8 Å². The molecule has 0 amide bonds. The molecule has 0 aliphatic carbocycles. The van der Waals surface area contributed by atoms with Crippen molar-refractivity contribution >= 4 is 23.3 Å². The third-order valence-corrected chi connectivity index (χ3v) is 3.30. The van der Waals surface area contributed by atoms with Crippen molar-refractivity contribution in [3.8, 4) is 5.69 Å². The Morgan fingerprint density at radius 3 is 3.00 bits per heavy atom. The fourth-order valence-electron chi connectivity index (χ4n) is 2.20. The van der Waals surface area contributed by atoms with Gasteiger partial charge in [0.1, 0.15) is 0 Å². The van der Waals surface area contributed by atoms with Crippen molar-refractivity contribution in [1.82, 2.24) is 14.5 Å². The summed E-state index contributed by atoms with van der Waals surface area (Å²) in [6.07, 6.45) is 3.54. The van der Waals surface area contributed by atoms with Gasteiger partial charge in [0.15, 0.2) is 4.77 Å². The Balaban J connectivity index is 2.30. The van der Waals surface area contributed by atoms with Gasteiger partial charge in [0, 0.05) is 18.9 Å². The van der Waals surface area contributed by atoms with E-state index in [0.29, 0.717) is 11.4 Å². The SMILES string of the molecule is COCc1ccccc1-n1c(=S)[nH]c2cnccc21. The zero-order chi connectivity index (χ0) is 13.2. The summed E-state index contributed by atoms with van der Waals surface area (Å²) in [5, 5.41) is 0. The first kappa shape index (κ1) is 12.1. The standard InChI is InChI=1S/C14H13N3OS/c1-18-9-10-4-2-3-5-12(10)17-13-6-7-15-8-11(13)16-14(17)19/h2-8H,9H2,1H3,(H,16,19). The van der Waals surface area contributed by atoms with Gasteiger partial charge in [0.25, 0.3) is 0 Å². The number of hydrogen-bond donors (Lipinski definition) is 1. The molecule has 0 fully saturated rings. The largest absolute Gasteiger partial charge is 0.380 e. The number of methoxy groups -OCH3 is 1. The Labute approximate surface area is 115 Å². The number of pyridine rings is 1. The quantitative estimate of drug-likeness (QED) is 0.744. The highest BCUT2D eigenvalue weighted by Crippen LogP contribution is 2.22. The summed E-state index contributed by atoms with van der Waals surface area (Å²) >= 11 is 5.42. The molecule has 5 heteroatoms. The number of aromatic nitrogens is 3. The average Bonchev–Trinajstić information content (AvgIpc) is 2.76. The lowest BCUT2D eigenvalue weighted by Gasteiger charge is -2.10. The predicted octanol–water partition coefficient (Wildman–Crippen LogP) is 3.23. The van der Waals surface area contributed by atoms with Crippen molar-refractivity contribution in [2.24, 2.45) is 0 Å². The van der Waals surface area contributed by atoms with Crippen molar-refractivity contribution in [2.75, 3.05) is 7.11 Å². The lowest BCUT2D eigenvalue weighted by atomic mass is 10.2. The summed E-state index contributed by atoms with van der Waals surface area (Å²) in [5.74, 6) is 0. The van der Waals surface area contributed by atoms with E-state index in [9.17, 15) is 0 Å². The Kier molecular flexibility index (Phi) is 3.15. The van der Waals surface area contributed by atoms with Gasteiger partial charge in [-0.1, -0.05) is 18.2 Å². The van der Waals surface area contributed by atoms with Crippen molar-refractivity contribution in [2.45, 2.75) is 6.61 Å². The maximum absolute atomic E-state index is 5.42. The van der Waals surface area contributed by atoms with Crippen LogP contribution in [0.2, 0.25) is 0 Å². The van der Waals surface area contributed by atoms with E-state index in [0.717, 1.165) is 22.3 Å². The van der Waals surface area contributed by atoms with Crippen LogP contribution in [0.5, 0.6) is 0 Å². The molecule has 2 aromatic heterocycles. The minimum absolute atomic E-state index is 0.551. The number of H-pyrrole nitrogens is 1. The number of fused-ring (bicyclic) bond motifs is 1. The van der Waals surface area contributed by atoms with Gasteiger partial charge in [0.05, 0.1) is 29.5 Å². The van der Waals surface area contributed by atoms with Crippen LogP contribution in [0.3, 0.4) is 0 Å². The summed E-state index contributed by atoms with van der Waals surface area (Å²) in [6, 6.07) is 10.0. The van der Waals surface area contributed by atoms with Crippen LogP contribution in [0.25, 0.3) is 16.7 Å². The average molecular weight is 271 g/mol. The first-order valence-electron chi connectivity index (χ1n) is 5.93. The van der Waals surface area contributed by atoms with Crippen molar-refractivity contribution in [1.29, 1.82) is 0 Å². The van der Waals surface area contributed by atoms with E-state index < -0.39 is 0 Å². The van der Waals surface area contributed by atoms with Gasteiger partial charge in [0.2, 0.25) is 0 Å². The van der Waals surface area contributed by atoms with Crippen LogP contribution in [0.4, 0.5) is 0 Å². The van der Waals surface area contributed by atoms with Gasteiger partial charge in [-0.15, -0.1) is 0 Å². The molecule has 2 heterocycles. The second-order valence-corrected chi connectivity index (χ2v) is 4.61. The van der Waals surface area contributed by atoms with Gasteiger partial charge in [-0.05, 0) is 24.4 Å². The van der Waals surface area contributed by atoms with Crippen LogP contribution in [-0.4, -0.2) is 21.6 Å². The van der Waals surface area contributed by atoms with Crippen LogP contribution in [0.15, 0.2) is 42.7 Å². The molecule has 96 valence electrons. The van der Waals surface area contributed by atoms with Crippen LogP contribution < -0.4 is 0 Å². The molecule has 0 unspecified atom stereocenters. The lowest BCUT2D eigenvalue weighted by Crippen LogP contribution is -2.00. The fourth-order valence-corrected chi connectivity index (χ4v) is 2.51. The molecule has 0 aliphatic heterocycles. The molecule has 0 radical (unpaired) electrons. The molecule has 1 N–H and O–H groups in total. The van der Waals surface area contributed by atoms with E-state index >= 15 is 0 Å². The molecule has 19 heavy (non-hydrogen) atoms. The Hall–Kier alpha value is -1.98. The third-order valence-electron chi connectivity index (χ3n) is 3.02. The zero-order valence-electron chi connectivity index (χ0n) is 10.5. The highest BCUT2D eigenvalue weighted by Gasteiger charge is 2.09. The fraction of sp³-hybridized carbons (Fsp3) is 0.143. The lowest BCUT2D eigenvalue weighted by molar-refractivity contribution is 0.185. The van der Waals surface area contributed by atoms with Gasteiger partial charge >= 0.3 is 0 Å². The Bertz CT molecular complexity index is 775. The highest BCUT2D eigenvalue weighted by molar-refractivity contribution is 7.71. The smallest absolute Gasteiger partial charge is 0.182 e. The molecule has 0 aliphatic rings. The maximum Gasteiger partial charge on any atom is 0.182 e. The molecule has 3 aromatic rings. The van der Waals surface area contributed by atoms with Crippen LogP contribution in [-0.2, 0) is 11.3 Å². The Morgan fingerprint density at radius 2 is 2.16 bits per heavy atom. The van der Waals surface area contributed by atoms with Crippen LogP contribution in [0, 0.1) is 4.77 Å². The van der Waals surface area contributed by atoms with Crippen LogP contribution >= 0.6 is 12.2 Å². The van der Waals surface area contributed by atoms with Gasteiger partial charge in [-0.3, -0.25) is 9.55 Å². The highest BCUT2D eigenvalue weighted by atomic mass is 32.1. The monoisotopic (exact) mass is 271 g/mol. The van der Waals surface area contributed by atoms with E-state index in [1.165, 1.54) is 0 Å². The second-order valence-electron chi connectivity index (χ2n) is 4.22. The summed E-state index contributed by atoms with van der Waals surface area (Å²) in [7, 11) is 1.69. The number of imidazole rings is 1.